The summed E-state index contributed by atoms with van der Waals surface area (Å²) in [6, 6.07) is 12.4. The van der Waals surface area contributed by atoms with Gasteiger partial charge in [0.15, 0.2) is 0 Å². The number of rotatable bonds is 6. The van der Waals surface area contributed by atoms with E-state index in [2.05, 4.69) is 9.88 Å². The van der Waals surface area contributed by atoms with Crippen LogP contribution in [-0.2, 0) is 18.3 Å². The van der Waals surface area contributed by atoms with Gasteiger partial charge in [-0.1, -0.05) is 12.1 Å². The van der Waals surface area contributed by atoms with Crippen LogP contribution in [0.1, 0.15) is 30.4 Å². The fraction of sp³-hybridized carbons (Fsp3) is 0.400. The molecule has 2 aliphatic rings. The van der Waals surface area contributed by atoms with Crippen LogP contribution in [0.2, 0.25) is 0 Å². The zero-order valence-corrected chi connectivity index (χ0v) is 19.7. The molecule has 0 amide bonds. The van der Waals surface area contributed by atoms with Gasteiger partial charge in [0.1, 0.15) is 24.7 Å². The number of aryl methyl sites for hydroxylation is 1. The number of fused-ring (bicyclic) bond motifs is 1. The topological polar surface area (TPSA) is 103 Å². The van der Waals surface area contributed by atoms with Crippen molar-refractivity contribution in [3.8, 4) is 11.8 Å². The molecule has 3 heterocycles. The molecule has 12 heteroatoms. The summed E-state index contributed by atoms with van der Waals surface area (Å²) < 4.78 is 51.7. The molecule has 2 aromatic carbocycles. The fourth-order valence-corrected chi connectivity index (χ4v) is 4.67. The van der Waals surface area contributed by atoms with Crippen molar-refractivity contribution in [1.82, 2.24) is 9.55 Å². The molecule has 1 N–H and O–H groups in total. The van der Waals surface area contributed by atoms with Crippen molar-refractivity contribution in [2.75, 3.05) is 24.6 Å². The van der Waals surface area contributed by atoms with Crippen LogP contribution in [0.25, 0.3) is 0 Å². The van der Waals surface area contributed by atoms with E-state index in [-0.39, 0.29) is 24.5 Å². The van der Waals surface area contributed by atoms with E-state index in [1.54, 1.807) is 4.57 Å². The van der Waals surface area contributed by atoms with Gasteiger partial charge in [-0.3, -0.25) is 4.57 Å². The van der Waals surface area contributed by atoms with E-state index in [9.17, 15) is 28.4 Å². The molecule has 0 unspecified atom stereocenters. The largest absolute Gasteiger partial charge is 0.490 e. The average molecular weight is 518 g/mol. The monoisotopic (exact) mass is 518 g/mol. The van der Waals surface area contributed by atoms with Crippen LogP contribution in [0, 0.1) is 10.1 Å². The highest BCUT2D eigenvalue weighted by Gasteiger charge is 2.36. The van der Waals surface area contributed by atoms with E-state index in [0.717, 1.165) is 17.8 Å². The van der Waals surface area contributed by atoms with E-state index >= 15 is 0 Å². The van der Waals surface area contributed by atoms with Crippen molar-refractivity contribution in [3.05, 3.63) is 76.0 Å². The number of imidazole rings is 1. The fourth-order valence-electron chi connectivity index (χ4n) is 4.67. The van der Waals surface area contributed by atoms with Crippen LogP contribution in [0.4, 0.5) is 24.7 Å². The van der Waals surface area contributed by atoms with Crippen molar-refractivity contribution in [2.45, 2.75) is 43.7 Å². The Bertz CT molecular complexity index is 1250. The first-order valence-electron chi connectivity index (χ1n) is 11.9. The molecule has 0 saturated carbocycles. The highest BCUT2D eigenvalue weighted by atomic mass is 19.4. The summed E-state index contributed by atoms with van der Waals surface area (Å²) in [5, 5.41) is 21.9. The summed E-state index contributed by atoms with van der Waals surface area (Å²) in [7, 11) is 0. The molecule has 3 aromatic rings. The minimum Gasteiger partial charge on any atom is -0.490 e. The van der Waals surface area contributed by atoms with Crippen molar-refractivity contribution in [1.29, 1.82) is 0 Å². The maximum Gasteiger partial charge on any atom is 0.416 e. The van der Waals surface area contributed by atoms with E-state index < -0.39 is 22.3 Å². The van der Waals surface area contributed by atoms with Gasteiger partial charge in [-0.2, -0.15) is 13.2 Å². The SMILES string of the molecule is O=[N+]([O-])c1cn2c(n1)O[C@@H](COc1ccc(N3CCC(O)(c4ccc(C(F)(F)F)cc4)CC3)cc1)CC2. The minimum atomic E-state index is -4.41. The second-order valence-electron chi connectivity index (χ2n) is 9.26. The Hall–Kier alpha value is -3.80. The normalized spacial score (nSPS) is 19.1. The molecule has 196 valence electrons. The standard InChI is InChI=1S/C25H25F3N4O5/c26-25(27,28)18-3-1-17(2-4-18)24(33)10-13-30(14-11-24)19-5-7-20(8-6-19)36-16-21-9-12-31-15-22(32(34)35)29-23(31)37-21/h1-8,15,21,33H,9-14,16H2/t21-/m1/s1. The van der Waals surface area contributed by atoms with Gasteiger partial charge < -0.3 is 29.6 Å². The maximum absolute atomic E-state index is 12.8. The number of halogens is 3. The maximum atomic E-state index is 12.8. The number of alkyl halides is 3. The molecule has 5 rings (SSSR count). The molecular weight excluding hydrogens is 493 g/mol. The van der Waals surface area contributed by atoms with Gasteiger partial charge in [-0.25, -0.2) is 0 Å². The van der Waals surface area contributed by atoms with Crippen molar-refractivity contribution in [2.24, 2.45) is 0 Å². The number of ether oxygens (including phenoxy) is 2. The molecule has 9 nitrogen and oxygen atoms in total. The zero-order chi connectivity index (χ0) is 26.2. The number of piperidine rings is 1. The number of hydrogen-bond donors (Lipinski definition) is 1. The van der Waals surface area contributed by atoms with Gasteiger partial charge in [0.25, 0.3) is 0 Å². The Morgan fingerprint density at radius 2 is 1.78 bits per heavy atom. The molecule has 0 bridgehead atoms. The van der Waals surface area contributed by atoms with Crippen molar-refractivity contribution >= 4 is 11.5 Å². The second kappa shape index (κ2) is 9.58. The highest BCUT2D eigenvalue weighted by Crippen LogP contribution is 2.37. The minimum absolute atomic E-state index is 0.211. The average Bonchev–Trinajstić information content (AvgIpc) is 3.32. The Labute approximate surface area is 210 Å². The molecular formula is C25H25F3N4O5. The Kier molecular flexibility index (Phi) is 6.44. The van der Waals surface area contributed by atoms with Crippen molar-refractivity contribution in [3.63, 3.8) is 0 Å². The number of nitrogens with zero attached hydrogens (tertiary/aromatic N) is 4. The van der Waals surface area contributed by atoms with Gasteiger partial charge in [-0.15, -0.1) is 0 Å². The molecule has 1 atom stereocenters. The summed E-state index contributed by atoms with van der Waals surface area (Å²) in [5.74, 6) is 0.396. The molecule has 0 spiro atoms. The van der Waals surface area contributed by atoms with Gasteiger partial charge in [0.05, 0.1) is 11.2 Å². The van der Waals surface area contributed by atoms with Crippen LogP contribution in [0.15, 0.2) is 54.7 Å². The predicted molar refractivity (Wildman–Crippen MR) is 127 cm³/mol. The zero-order valence-electron chi connectivity index (χ0n) is 19.7. The number of anilines is 1. The van der Waals surface area contributed by atoms with Crippen LogP contribution >= 0.6 is 0 Å². The van der Waals surface area contributed by atoms with E-state index in [1.807, 2.05) is 24.3 Å². The van der Waals surface area contributed by atoms with Gasteiger partial charge in [0.2, 0.25) is 0 Å². The summed E-state index contributed by atoms with van der Waals surface area (Å²) >= 11 is 0. The first kappa shape index (κ1) is 24.9. The predicted octanol–water partition coefficient (Wildman–Crippen LogP) is 4.53. The first-order chi connectivity index (χ1) is 17.6. The van der Waals surface area contributed by atoms with Crippen LogP contribution < -0.4 is 14.4 Å². The molecule has 0 aliphatic carbocycles. The Morgan fingerprint density at radius 3 is 2.41 bits per heavy atom. The van der Waals surface area contributed by atoms with Crippen molar-refractivity contribution < 1.29 is 32.7 Å². The third-order valence-electron chi connectivity index (χ3n) is 6.86. The van der Waals surface area contributed by atoms with E-state index in [4.69, 9.17) is 9.47 Å². The highest BCUT2D eigenvalue weighted by molar-refractivity contribution is 5.50. The molecule has 1 fully saturated rings. The number of aliphatic hydroxyl groups is 1. The summed E-state index contributed by atoms with van der Waals surface area (Å²) in [5.41, 5.74) is -0.459. The first-order valence-corrected chi connectivity index (χ1v) is 11.9. The lowest BCUT2D eigenvalue weighted by atomic mass is 9.84. The lowest BCUT2D eigenvalue weighted by molar-refractivity contribution is -0.389. The van der Waals surface area contributed by atoms with E-state index in [0.29, 0.717) is 50.2 Å². The number of nitro groups is 1. The summed E-state index contributed by atoms with van der Waals surface area (Å²) in [6.07, 6.45) is -1.91. The molecule has 1 saturated heterocycles. The van der Waals surface area contributed by atoms with Crippen LogP contribution in [0.5, 0.6) is 11.8 Å². The lowest BCUT2D eigenvalue weighted by Gasteiger charge is -2.39. The number of benzene rings is 2. The molecule has 2 aliphatic heterocycles. The molecule has 1 aromatic heterocycles. The van der Waals surface area contributed by atoms with Gasteiger partial charge >= 0.3 is 18.0 Å². The summed E-state index contributed by atoms with van der Waals surface area (Å²) in [6.45, 7) is 1.92. The van der Waals surface area contributed by atoms with Crippen LogP contribution in [0.3, 0.4) is 0 Å². The Balaban J connectivity index is 1.13. The summed E-state index contributed by atoms with van der Waals surface area (Å²) in [4.78, 5) is 16.3. The van der Waals surface area contributed by atoms with Gasteiger partial charge in [0, 0.05) is 36.7 Å². The smallest absolute Gasteiger partial charge is 0.416 e. The lowest BCUT2D eigenvalue weighted by Crippen LogP contribution is -2.42. The van der Waals surface area contributed by atoms with Gasteiger partial charge in [-0.05, 0) is 59.7 Å². The molecule has 0 radical (unpaired) electrons. The number of hydrogen-bond acceptors (Lipinski definition) is 7. The molecule has 37 heavy (non-hydrogen) atoms. The van der Waals surface area contributed by atoms with Crippen LogP contribution in [-0.4, -0.2) is 45.4 Å². The van der Waals surface area contributed by atoms with E-state index in [1.165, 1.54) is 18.3 Å². The Morgan fingerprint density at radius 1 is 1.11 bits per heavy atom. The third kappa shape index (κ3) is 5.33. The third-order valence-corrected chi connectivity index (χ3v) is 6.86. The quantitative estimate of drug-likeness (QED) is 0.378. The number of aromatic nitrogens is 2. The second-order valence-corrected chi connectivity index (χ2v) is 9.26.